The Balaban J connectivity index is 2.52. The van der Waals surface area contributed by atoms with Crippen LogP contribution in [0.2, 0.25) is 0 Å². The summed E-state index contributed by atoms with van der Waals surface area (Å²) < 4.78 is 23.2. The maximum absolute atomic E-state index is 10.3. The molecule has 1 fully saturated rings. The van der Waals surface area contributed by atoms with E-state index in [0.29, 0.717) is 18.4 Å². The van der Waals surface area contributed by atoms with Crippen LogP contribution in [0.4, 0.5) is 0 Å². The van der Waals surface area contributed by atoms with E-state index in [9.17, 15) is 5.11 Å². The molecule has 0 saturated heterocycles. The Kier molecular flexibility index (Phi) is 1.48. The average Bonchev–Trinajstić information content (AvgIpc) is 2.13. The second-order valence-corrected chi connectivity index (χ2v) is 4.49. The first-order chi connectivity index (χ1) is 7.33. The molecule has 0 radical (unpaired) electrons. The smallest absolute Gasteiger partial charge is 0.0899 e. The SMILES string of the molecule is [2H]C([2H])([2H])c1cc(Br)ccc1C1(O)CCC1. The number of aliphatic hydroxyl groups is 1. The molecule has 0 unspecified atom stereocenters. The fourth-order valence-electron chi connectivity index (χ4n) is 1.70. The Morgan fingerprint density at radius 3 is 2.85 bits per heavy atom. The molecule has 13 heavy (non-hydrogen) atoms. The second-order valence-electron chi connectivity index (χ2n) is 3.58. The van der Waals surface area contributed by atoms with Crippen molar-refractivity contribution in [2.45, 2.75) is 31.7 Å². The summed E-state index contributed by atoms with van der Waals surface area (Å²) in [6.07, 6.45) is 2.25. The second kappa shape index (κ2) is 3.10. The number of benzene rings is 1. The first-order valence-corrected chi connectivity index (χ1v) is 5.15. The van der Waals surface area contributed by atoms with Crippen LogP contribution in [-0.2, 0) is 5.60 Å². The van der Waals surface area contributed by atoms with Crippen molar-refractivity contribution < 1.29 is 9.22 Å². The lowest BCUT2D eigenvalue weighted by Crippen LogP contribution is -2.34. The fraction of sp³-hybridized carbons (Fsp3) is 0.455. The van der Waals surface area contributed by atoms with Gasteiger partial charge in [-0.1, -0.05) is 22.0 Å². The molecule has 1 nitrogen and oxygen atoms in total. The van der Waals surface area contributed by atoms with Gasteiger partial charge in [-0.3, -0.25) is 0 Å². The molecule has 0 spiro atoms. The van der Waals surface area contributed by atoms with Crippen LogP contribution < -0.4 is 0 Å². The van der Waals surface area contributed by atoms with Gasteiger partial charge in [0.25, 0.3) is 0 Å². The van der Waals surface area contributed by atoms with Gasteiger partial charge in [0, 0.05) is 8.58 Å². The summed E-state index contributed by atoms with van der Waals surface area (Å²) in [7, 11) is 0. The Hall–Kier alpha value is -0.340. The van der Waals surface area contributed by atoms with Gasteiger partial charge in [0.1, 0.15) is 0 Å². The third-order valence-corrected chi connectivity index (χ3v) is 3.16. The number of halogens is 1. The van der Waals surface area contributed by atoms with E-state index in [4.69, 9.17) is 4.11 Å². The van der Waals surface area contributed by atoms with Crippen LogP contribution in [0.1, 0.15) is 34.5 Å². The molecule has 0 aromatic heterocycles. The van der Waals surface area contributed by atoms with Gasteiger partial charge in [-0.2, -0.15) is 0 Å². The van der Waals surface area contributed by atoms with E-state index in [1.54, 1.807) is 18.2 Å². The zero-order valence-corrected chi connectivity index (χ0v) is 8.76. The van der Waals surface area contributed by atoms with Gasteiger partial charge in [0.15, 0.2) is 0 Å². The Morgan fingerprint density at radius 2 is 2.31 bits per heavy atom. The van der Waals surface area contributed by atoms with E-state index >= 15 is 0 Å². The highest BCUT2D eigenvalue weighted by atomic mass is 79.9. The summed E-state index contributed by atoms with van der Waals surface area (Å²) in [6.45, 7) is -2.18. The minimum atomic E-state index is -2.18. The van der Waals surface area contributed by atoms with Crippen molar-refractivity contribution in [3.63, 3.8) is 0 Å². The first-order valence-electron chi connectivity index (χ1n) is 5.86. The van der Waals surface area contributed by atoms with Gasteiger partial charge >= 0.3 is 0 Å². The van der Waals surface area contributed by atoms with Crippen LogP contribution in [0.15, 0.2) is 22.7 Å². The average molecular weight is 244 g/mol. The normalized spacial score (nSPS) is 24.0. The van der Waals surface area contributed by atoms with Crippen molar-refractivity contribution in [2.75, 3.05) is 0 Å². The van der Waals surface area contributed by atoms with Crippen LogP contribution in [0.5, 0.6) is 0 Å². The maximum atomic E-state index is 10.3. The Bertz CT molecular complexity index is 410. The van der Waals surface area contributed by atoms with Crippen LogP contribution in [-0.4, -0.2) is 5.11 Å². The van der Waals surface area contributed by atoms with Gasteiger partial charge in [0.05, 0.1) is 5.60 Å². The highest BCUT2D eigenvalue weighted by molar-refractivity contribution is 9.10. The molecule has 0 bridgehead atoms. The Labute approximate surface area is 91.1 Å². The summed E-state index contributed by atoms with van der Waals surface area (Å²) in [5.41, 5.74) is -0.115. The van der Waals surface area contributed by atoms with Crippen molar-refractivity contribution in [1.82, 2.24) is 0 Å². The summed E-state index contributed by atoms with van der Waals surface area (Å²) in [5, 5.41) is 10.3. The summed E-state index contributed by atoms with van der Waals surface area (Å²) in [4.78, 5) is 0. The minimum absolute atomic E-state index is 0.254. The van der Waals surface area contributed by atoms with Crippen LogP contribution in [0.25, 0.3) is 0 Å². The molecule has 1 aliphatic carbocycles. The van der Waals surface area contributed by atoms with E-state index < -0.39 is 12.5 Å². The fourth-order valence-corrected chi connectivity index (χ4v) is 2.06. The van der Waals surface area contributed by atoms with Gasteiger partial charge in [-0.15, -0.1) is 0 Å². The molecule has 0 heterocycles. The molecule has 0 aliphatic heterocycles. The predicted molar refractivity (Wildman–Crippen MR) is 56.6 cm³/mol. The molecule has 1 aliphatic rings. The molecule has 0 atom stereocenters. The number of rotatable bonds is 1. The summed E-state index contributed by atoms with van der Waals surface area (Å²) in [6, 6.07) is 5.07. The molecule has 2 rings (SSSR count). The molecule has 1 saturated carbocycles. The van der Waals surface area contributed by atoms with E-state index in [-0.39, 0.29) is 5.56 Å². The van der Waals surface area contributed by atoms with Crippen LogP contribution in [0.3, 0.4) is 0 Å². The van der Waals surface area contributed by atoms with Crippen molar-refractivity contribution >= 4 is 15.9 Å². The van der Waals surface area contributed by atoms with Gasteiger partial charge in [-0.05, 0) is 49.4 Å². The van der Waals surface area contributed by atoms with Crippen molar-refractivity contribution in [3.05, 3.63) is 33.8 Å². The van der Waals surface area contributed by atoms with E-state index in [1.807, 2.05) is 0 Å². The topological polar surface area (TPSA) is 20.2 Å². The quantitative estimate of drug-likeness (QED) is 0.804. The van der Waals surface area contributed by atoms with E-state index in [2.05, 4.69) is 15.9 Å². The molecule has 1 aromatic carbocycles. The number of hydrogen-bond donors (Lipinski definition) is 1. The van der Waals surface area contributed by atoms with Gasteiger partial charge in [0.2, 0.25) is 0 Å². The largest absolute Gasteiger partial charge is 0.385 e. The van der Waals surface area contributed by atoms with Crippen molar-refractivity contribution in [3.8, 4) is 0 Å². The highest BCUT2D eigenvalue weighted by Crippen LogP contribution is 2.42. The lowest BCUT2D eigenvalue weighted by atomic mass is 9.74. The number of aryl methyl sites for hydroxylation is 1. The third kappa shape index (κ3) is 1.53. The molecule has 70 valence electrons. The van der Waals surface area contributed by atoms with E-state index in [1.165, 1.54) is 0 Å². The summed E-state index contributed by atoms with van der Waals surface area (Å²) >= 11 is 3.26. The molecular weight excluding hydrogens is 228 g/mol. The zero-order valence-electron chi connectivity index (χ0n) is 10.2. The van der Waals surface area contributed by atoms with Crippen LogP contribution >= 0.6 is 15.9 Å². The summed E-state index contributed by atoms with van der Waals surface area (Å²) in [5.74, 6) is 0. The zero-order chi connectivity index (χ0) is 12.0. The first kappa shape index (κ1) is 6.20. The van der Waals surface area contributed by atoms with Gasteiger partial charge < -0.3 is 5.11 Å². The third-order valence-electron chi connectivity index (χ3n) is 2.66. The van der Waals surface area contributed by atoms with Crippen molar-refractivity contribution in [2.24, 2.45) is 0 Å². The standard InChI is InChI=1S/C11H13BrO/c1-8-7-9(12)3-4-10(8)11(13)5-2-6-11/h3-4,7,13H,2,5-6H2,1H3/i1D3. The molecule has 1 N–H and O–H groups in total. The van der Waals surface area contributed by atoms with Crippen LogP contribution in [0, 0.1) is 6.85 Å². The van der Waals surface area contributed by atoms with Crippen molar-refractivity contribution in [1.29, 1.82) is 0 Å². The molecule has 1 aromatic rings. The highest BCUT2D eigenvalue weighted by Gasteiger charge is 2.36. The molecular formula is C11H13BrO. The lowest BCUT2D eigenvalue weighted by Gasteiger charge is -2.38. The Morgan fingerprint density at radius 1 is 1.54 bits per heavy atom. The number of hydrogen-bond acceptors (Lipinski definition) is 1. The minimum Gasteiger partial charge on any atom is -0.385 e. The molecule has 0 amide bonds. The maximum Gasteiger partial charge on any atom is 0.0899 e. The monoisotopic (exact) mass is 243 g/mol. The molecule has 2 heteroatoms. The van der Waals surface area contributed by atoms with E-state index in [0.717, 1.165) is 10.9 Å². The predicted octanol–water partition coefficient (Wildman–Crippen LogP) is 3.13. The lowest BCUT2D eigenvalue weighted by molar-refractivity contribution is -0.0393. The van der Waals surface area contributed by atoms with Gasteiger partial charge in [-0.25, -0.2) is 0 Å².